The number of rotatable bonds is 4. The van der Waals surface area contributed by atoms with E-state index in [1.165, 1.54) is 17.7 Å². The van der Waals surface area contributed by atoms with Gasteiger partial charge in [-0.2, -0.15) is 0 Å². The van der Waals surface area contributed by atoms with Crippen molar-refractivity contribution in [2.75, 3.05) is 0 Å². The zero-order chi connectivity index (χ0) is 13.8. The minimum atomic E-state index is -0.549. The summed E-state index contributed by atoms with van der Waals surface area (Å²) in [4.78, 5) is 0. The first-order chi connectivity index (χ1) is 9.06. The van der Waals surface area contributed by atoms with Crippen molar-refractivity contribution in [1.29, 1.82) is 0 Å². The monoisotopic (exact) mass is 261 g/mol. The fourth-order valence-electron chi connectivity index (χ4n) is 1.94. The van der Waals surface area contributed by atoms with Crippen LogP contribution >= 0.6 is 0 Å². The molecule has 19 heavy (non-hydrogen) atoms. The van der Waals surface area contributed by atoms with Crippen LogP contribution in [0.2, 0.25) is 0 Å². The van der Waals surface area contributed by atoms with Crippen LogP contribution in [-0.4, -0.2) is 0 Å². The SMILES string of the molecule is Cc1ccc(CNC(C)c2ccc(F)cc2F)cc1. The van der Waals surface area contributed by atoms with Crippen LogP contribution in [0.15, 0.2) is 42.5 Å². The van der Waals surface area contributed by atoms with Gasteiger partial charge in [-0.1, -0.05) is 35.9 Å². The van der Waals surface area contributed by atoms with E-state index in [1.807, 2.05) is 38.1 Å². The zero-order valence-electron chi connectivity index (χ0n) is 11.1. The zero-order valence-corrected chi connectivity index (χ0v) is 11.1. The third kappa shape index (κ3) is 3.61. The van der Waals surface area contributed by atoms with Crippen LogP contribution in [0.1, 0.15) is 29.7 Å². The molecular weight excluding hydrogens is 244 g/mol. The van der Waals surface area contributed by atoms with Crippen LogP contribution in [0.3, 0.4) is 0 Å². The van der Waals surface area contributed by atoms with Crippen molar-refractivity contribution in [3.05, 3.63) is 70.8 Å². The summed E-state index contributed by atoms with van der Waals surface area (Å²) < 4.78 is 26.4. The van der Waals surface area contributed by atoms with Gasteiger partial charge in [-0.05, 0) is 25.5 Å². The Morgan fingerprint density at radius 1 is 1.05 bits per heavy atom. The van der Waals surface area contributed by atoms with E-state index in [-0.39, 0.29) is 6.04 Å². The van der Waals surface area contributed by atoms with Crippen molar-refractivity contribution in [2.24, 2.45) is 0 Å². The van der Waals surface area contributed by atoms with Gasteiger partial charge in [-0.25, -0.2) is 8.78 Å². The van der Waals surface area contributed by atoms with Crippen LogP contribution in [0.4, 0.5) is 8.78 Å². The van der Waals surface area contributed by atoms with Gasteiger partial charge in [0.1, 0.15) is 11.6 Å². The second-order valence-electron chi connectivity index (χ2n) is 4.75. The van der Waals surface area contributed by atoms with Gasteiger partial charge in [0.15, 0.2) is 0 Å². The van der Waals surface area contributed by atoms with E-state index in [2.05, 4.69) is 5.32 Å². The second kappa shape index (κ2) is 5.93. The summed E-state index contributed by atoms with van der Waals surface area (Å²) in [6, 6.07) is 11.7. The summed E-state index contributed by atoms with van der Waals surface area (Å²) >= 11 is 0. The highest BCUT2D eigenvalue weighted by atomic mass is 19.1. The molecule has 2 aromatic rings. The lowest BCUT2D eigenvalue weighted by Crippen LogP contribution is -2.19. The molecule has 0 saturated heterocycles. The topological polar surface area (TPSA) is 12.0 Å². The van der Waals surface area contributed by atoms with Crippen molar-refractivity contribution in [2.45, 2.75) is 26.4 Å². The molecular formula is C16H17F2N. The quantitative estimate of drug-likeness (QED) is 0.872. The maximum absolute atomic E-state index is 13.6. The molecule has 0 aliphatic rings. The van der Waals surface area contributed by atoms with Crippen molar-refractivity contribution in [1.82, 2.24) is 5.32 Å². The van der Waals surface area contributed by atoms with Crippen LogP contribution in [0, 0.1) is 18.6 Å². The molecule has 0 heterocycles. The molecule has 100 valence electrons. The van der Waals surface area contributed by atoms with Gasteiger partial charge in [0.05, 0.1) is 0 Å². The first kappa shape index (κ1) is 13.7. The molecule has 0 fully saturated rings. The standard InChI is InChI=1S/C16H17F2N/c1-11-3-5-13(6-4-11)10-19-12(2)15-8-7-14(17)9-16(15)18/h3-9,12,19H,10H2,1-2H3. The predicted molar refractivity (Wildman–Crippen MR) is 72.8 cm³/mol. The van der Waals surface area contributed by atoms with Gasteiger partial charge in [0, 0.05) is 24.2 Å². The lowest BCUT2D eigenvalue weighted by molar-refractivity contribution is 0.518. The largest absolute Gasteiger partial charge is 0.306 e. The Morgan fingerprint density at radius 3 is 2.37 bits per heavy atom. The summed E-state index contributed by atoms with van der Waals surface area (Å²) in [6.45, 7) is 4.55. The van der Waals surface area contributed by atoms with E-state index in [4.69, 9.17) is 0 Å². The highest BCUT2D eigenvalue weighted by Gasteiger charge is 2.11. The van der Waals surface area contributed by atoms with Crippen molar-refractivity contribution >= 4 is 0 Å². The first-order valence-corrected chi connectivity index (χ1v) is 6.30. The maximum atomic E-state index is 13.6. The Kier molecular flexibility index (Phi) is 4.27. The highest BCUT2D eigenvalue weighted by Crippen LogP contribution is 2.18. The van der Waals surface area contributed by atoms with E-state index < -0.39 is 11.6 Å². The van der Waals surface area contributed by atoms with Crippen molar-refractivity contribution in [3.63, 3.8) is 0 Å². The third-order valence-corrected chi connectivity index (χ3v) is 3.16. The van der Waals surface area contributed by atoms with Crippen molar-refractivity contribution in [3.8, 4) is 0 Å². The Hall–Kier alpha value is -1.74. The van der Waals surface area contributed by atoms with Crippen LogP contribution in [0.25, 0.3) is 0 Å². The van der Waals surface area contributed by atoms with E-state index >= 15 is 0 Å². The minimum absolute atomic E-state index is 0.165. The summed E-state index contributed by atoms with van der Waals surface area (Å²) in [5.74, 6) is -1.06. The predicted octanol–water partition coefficient (Wildman–Crippen LogP) is 4.12. The molecule has 2 rings (SSSR count). The molecule has 0 aliphatic carbocycles. The molecule has 1 unspecified atom stereocenters. The van der Waals surface area contributed by atoms with Crippen LogP contribution < -0.4 is 5.32 Å². The molecule has 0 aromatic heterocycles. The van der Waals surface area contributed by atoms with Gasteiger partial charge in [0.25, 0.3) is 0 Å². The summed E-state index contributed by atoms with van der Waals surface area (Å²) in [7, 11) is 0. The van der Waals surface area contributed by atoms with Crippen LogP contribution in [0.5, 0.6) is 0 Å². The minimum Gasteiger partial charge on any atom is -0.306 e. The molecule has 0 saturated carbocycles. The lowest BCUT2D eigenvalue weighted by Gasteiger charge is -2.15. The second-order valence-corrected chi connectivity index (χ2v) is 4.75. The fraction of sp³-hybridized carbons (Fsp3) is 0.250. The maximum Gasteiger partial charge on any atom is 0.130 e. The number of hydrogen-bond acceptors (Lipinski definition) is 1. The van der Waals surface area contributed by atoms with Gasteiger partial charge in [0.2, 0.25) is 0 Å². The van der Waals surface area contributed by atoms with Gasteiger partial charge < -0.3 is 5.32 Å². The Balaban J connectivity index is 2.01. The average molecular weight is 261 g/mol. The number of benzene rings is 2. The van der Waals surface area contributed by atoms with Crippen LogP contribution in [-0.2, 0) is 6.54 Å². The Labute approximate surface area is 112 Å². The Morgan fingerprint density at radius 2 is 1.74 bits per heavy atom. The molecule has 1 atom stereocenters. The molecule has 0 aliphatic heterocycles. The van der Waals surface area contributed by atoms with E-state index in [9.17, 15) is 8.78 Å². The lowest BCUT2D eigenvalue weighted by atomic mass is 10.1. The molecule has 0 amide bonds. The number of hydrogen-bond donors (Lipinski definition) is 1. The Bertz CT molecular complexity index is 549. The molecule has 0 radical (unpaired) electrons. The molecule has 0 spiro atoms. The summed E-state index contributed by atoms with van der Waals surface area (Å²) in [5.41, 5.74) is 2.83. The van der Waals surface area contributed by atoms with Gasteiger partial charge >= 0.3 is 0 Å². The van der Waals surface area contributed by atoms with Gasteiger partial charge in [-0.3, -0.25) is 0 Å². The number of nitrogens with one attached hydrogen (secondary N) is 1. The van der Waals surface area contributed by atoms with Gasteiger partial charge in [-0.15, -0.1) is 0 Å². The smallest absolute Gasteiger partial charge is 0.130 e. The summed E-state index contributed by atoms with van der Waals surface area (Å²) in [5, 5.41) is 3.23. The summed E-state index contributed by atoms with van der Waals surface area (Å²) in [6.07, 6.45) is 0. The molecule has 2 aromatic carbocycles. The van der Waals surface area contributed by atoms with E-state index in [0.29, 0.717) is 12.1 Å². The number of aryl methyl sites for hydroxylation is 1. The third-order valence-electron chi connectivity index (χ3n) is 3.16. The normalized spacial score (nSPS) is 12.4. The van der Waals surface area contributed by atoms with E-state index in [0.717, 1.165) is 11.6 Å². The average Bonchev–Trinajstić information content (AvgIpc) is 2.37. The molecule has 1 N–H and O–H groups in total. The first-order valence-electron chi connectivity index (χ1n) is 6.30. The molecule has 0 bridgehead atoms. The van der Waals surface area contributed by atoms with Crippen molar-refractivity contribution < 1.29 is 8.78 Å². The number of halogens is 2. The fourth-order valence-corrected chi connectivity index (χ4v) is 1.94. The molecule has 1 nitrogen and oxygen atoms in total. The highest BCUT2D eigenvalue weighted by molar-refractivity contribution is 5.23. The molecule has 3 heteroatoms. The van der Waals surface area contributed by atoms with E-state index in [1.54, 1.807) is 0 Å².